The molecule has 0 radical (unpaired) electrons. The van der Waals surface area contributed by atoms with Gasteiger partial charge in [-0.2, -0.15) is 0 Å². The second-order valence-corrected chi connectivity index (χ2v) is 5.82. The molecule has 1 atom stereocenters. The zero-order valence-electron chi connectivity index (χ0n) is 12.4. The van der Waals surface area contributed by atoms with Crippen LogP contribution in [0.1, 0.15) is 26.7 Å². The molecule has 2 rings (SSSR count). The van der Waals surface area contributed by atoms with Gasteiger partial charge < -0.3 is 16.0 Å². The standard InChI is InChI=1S/C16H25N3O/c1-12(2)13(10-17)11-18-14-5-7-15(8-6-14)19-9-3-4-16(19)20/h5-8,12-13,18H,3-4,9-11,17H2,1-2H3. The van der Waals surface area contributed by atoms with Crippen molar-refractivity contribution in [3.8, 4) is 0 Å². The van der Waals surface area contributed by atoms with Gasteiger partial charge in [0.2, 0.25) is 5.91 Å². The first-order valence-electron chi connectivity index (χ1n) is 7.46. The zero-order chi connectivity index (χ0) is 14.5. The Hall–Kier alpha value is -1.55. The first-order chi connectivity index (χ1) is 9.61. The number of carbonyl (C=O) groups is 1. The highest BCUT2D eigenvalue weighted by Gasteiger charge is 2.21. The van der Waals surface area contributed by atoms with Gasteiger partial charge in [0.15, 0.2) is 0 Å². The Bertz CT molecular complexity index is 442. The van der Waals surface area contributed by atoms with Crippen LogP contribution in [0, 0.1) is 11.8 Å². The summed E-state index contributed by atoms with van der Waals surface area (Å²) in [5, 5.41) is 3.42. The molecule has 0 aromatic heterocycles. The largest absolute Gasteiger partial charge is 0.385 e. The van der Waals surface area contributed by atoms with E-state index < -0.39 is 0 Å². The first-order valence-corrected chi connectivity index (χ1v) is 7.46. The minimum Gasteiger partial charge on any atom is -0.385 e. The van der Waals surface area contributed by atoms with Crippen molar-refractivity contribution in [2.75, 3.05) is 29.9 Å². The molecular weight excluding hydrogens is 250 g/mol. The number of nitrogens with one attached hydrogen (secondary N) is 1. The normalized spacial score (nSPS) is 16.8. The molecule has 1 aliphatic rings. The van der Waals surface area contributed by atoms with E-state index in [1.54, 1.807) is 0 Å². The third-order valence-electron chi connectivity index (χ3n) is 4.07. The third-order valence-corrected chi connectivity index (χ3v) is 4.07. The molecule has 4 nitrogen and oxygen atoms in total. The molecule has 1 fully saturated rings. The van der Waals surface area contributed by atoms with Crippen LogP contribution in [0.5, 0.6) is 0 Å². The van der Waals surface area contributed by atoms with Crippen molar-refractivity contribution in [3.63, 3.8) is 0 Å². The summed E-state index contributed by atoms with van der Waals surface area (Å²) >= 11 is 0. The Morgan fingerprint density at radius 1 is 1.30 bits per heavy atom. The number of amides is 1. The molecule has 0 bridgehead atoms. The number of rotatable bonds is 6. The van der Waals surface area contributed by atoms with Crippen LogP contribution in [0.15, 0.2) is 24.3 Å². The van der Waals surface area contributed by atoms with Crippen molar-refractivity contribution < 1.29 is 4.79 Å². The maximum absolute atomic E-state index is 11.7. The Labute approximate surface area is 121 Å². The maximum Gasteiger partial charge on any atom is 0.227 e. The average Bonchev–Trinajstić information content (AvgIpc) is 2.86. The van der Waals surface area contributed by atoms with E-state index in [1.807, 2.05) is 29.2 Å². The summed E-state index contributed by atoms with van der Waals surface area (Å²) in [6, 6.07) is 8.10. The Balaban J connectivity index is 1.93. The van der Waals surface area contributed by atoms with Crippen LogP contribution in [0.4, 0.5) is 11.4 Å². The van der Waals surface area contributed by atoms with Crippen LogP contribution >= 0.6 is 0 Å². The summed E-state index contributed by atoms with van der Waals surface area (Å²) < 4.78 is 0. The topological polar surface area (TPSA) is 58.4 Å². The fourth-order valence-electron chi connectivity index (χ4n) is 2.52. The monoisotopic (exact) mass is 275 g/mol. The number of carbonyl (C=O) groups excluding carboxylic acids is 1. The lowest BCUT2D eigenvalue weighted by Gasteiger charge is -2.20. The molecule has 1 aromatic rings. The van der Waals surface area contributed by atoms with E-state index in [-0.39, 0.29) is 5.91 Å². The van der Waals surface area contributed by atoms with E-state index in [2.05, 4.69) is 19.2 Å². The van der Waals surface area contributed by atoms with Crippen LogP contribution in [-0.2, 0) is 4.79 Å². The molecule has 20 heavy (non-hydrogen) atoms. The smallest absolute Gasteiger partial charge is 0.227 e. The highest BCUT2D eigenvalue weighted by atomic mass is 16.2. The number of nitrogens with two attached hydrogens (primary N) is 1. The van der Waals surface area contributed by atoms with Crippen molar-refractivity contribution in [2.24, 2.45) is 17.6 Å². The van der Waals surface area contributed by atoms with Gasteiger partial charge in [-0.3, -0.25) is 4.79 Å². The fraction of sp³-hybridized carbons (Fsp3) is 0.562. The van der Waals surface area contributed by atoms with Gasteiger partial charge in [0.05, 0.1) is 0 Å². The van der Waals surface area contributed by atoms with E-state index in [4.69, 9.17) is 5.73 Å². The number of benzene rings is 1. The molecule has 1 aromatic carbocycles. The van der Waals surface area contributed by atoms with Crippen LogP contribution in [-0.4, -0.2) is 25.5 Å². The Morgan fingerprint density at radius 2 is 2.00 bits per heavy atom. The molecule has 1 amide bonds. The minimum absolute atomic E-state index is 0.230. The highest BCUT2D eigenvalue weighted by molar-refractivity contribution is 5.95. The van der Waals surface area contributed by atoms with Gasteiger partial charge in [0.1, 0.15) is 0 Å². The molecule has 1 saturated heterocycles. The van der Waals surface area contributed by atoms with Gasteiger partial charge in [0.25, 0.3) is 0 Å². The van der Waals surface area contributed by atoms with Crippen molar-refractivity contribution in [1.29, 1.82) is 0 Å². The third kappa shape index (κ3) is 3.51. The van der Waals surface area contributed by atoms with Crippen molar-refractivity contribution in [3.05, 3.63) is 24.3 Å². The molecule has 1 heterocycles. The van der Waals surface area contributed by atoms with Gasteiger partial charge >= 0.3 is 0 Å². The van der Waals surface area contributed by atoms with Crippen LogP contribution in [0.3, 0.4) is 0 Å². The number of nitrogens with zero attached hydrogens (tertiary/aromatic N) is 1. The summed E-state index contributed by atoms with van der Waals surface area (Å²) in [7, 11) is 0. The maximum atomic E-state index is 11.7. The van der Waals surface area contributed by atoms with Gasteiger partial charge in [-0.25, -0.2) is 0 Å². The number of hydrogen-bond donors (Lipinski definition) is 2. The number of hydrogen-bond acceptors (Lipinski definition) is 3. The van der Waals surface area contributed by atoms with E-state index in [0.29, 0.717) is 24.8 Å². The Morgan fingerprint density at radius 3 is 2.50 bits per heavy atom. The van der Waals surface area contributed by atoms with Gasteiger partial charge in [-0.15, -0.1) is 0 Å². The quantitative estimate of drug-likeness (QED) is 0.838. The highest BCUT2D eigenvalue weighted by Crippen LogP contribution is 2.23. The van der Waals surface area contributed by atoms with Gasteiger partial charge in [-0.05, 0) is 49.1 Å². The zero-order valence-corrected chi connectivity index (χ0v) is 12.4. The van der Waals surface area contributed by atoms with Crippen molar-refractivity contribution >= 4 is 17.3 Å². The summed E-state index contributed by atoms with van der Waals surface area (Å²) in [5.41, 5.74) is 7.86. The SMILES string of the molecule is CC(C)C(CN)CNc1ccc(N2CCCC2=O)cc1. The first kappa shape index (κ1) is 14.9. The molecule has 1 unspecified atom stereocenters. The van der Waals surface area contributed by atoms with Gasteiger partial charge in [-0.1, -0.05) is 13.8 Å². The second-order valence-electron chi connectivity index (χ2n) is 5.82. The predicted octanol–water partition coefficient (Wildman–Crippen LogP) is 2.46. The van der Waals surface area contributed by atoms with E-state index in [9.17, 15) is 4.79 Å². The van der Waals surface area contributed by atoms with Crippen LogP contribution in [0.2, 0.25) is 0 Å². The average molecular weight is 275 g/mol. The molecule has 3 N–H and O–H groups in total. The minimum atomic E-state index is 0.230. The number of anilines is 2. The molecule has 110 valence electrons. The van der Waals surface area contributed by atoms with Crippen molar-refractivity contribution in [2.45, 2.75) is 26.7 Å². The summed E-state index contributed by atoms with van der Waals surface area (Å²) in [5.74, 6) is 1.29. The lowest BCUT2D eigenvalue weighted by Crippen LogP contribution is -2.27. The van der Waals surface area contributed by atoms with Crippen LogP contribution in [0.25, 0.3) is 0 Å². The van der Waals surface area contributed by atoms with E-state index in [0.717, 1.165) is 30.9 Å². The Kier molecular flexibility index (Phi) is 5.01. The van der Waals surface area contributed by atoms with E-state index in [1.165, 1.54) is 0 Å². The van der Waals surface area contributed by atoms with E-state index >= 15 is 0 Å². The summed E-state index contributed by atoms with van der Waals surface area (Å²) in [6.07, 6.45) is 1.64. The summed E-state index contributed by atoms with van der Waals surface area (Å²) in [4.78, 5) is 13.5. The molecule has 0 spiro atoms. The molecule has 0 saturated carbocycles. The lowest BCUT2D eigenvalue weighted by atomic mass is 9.96. The molecule has 4 heteroatoms. The predicted molar refractivity (Wildman–Crippen MR) is 83.9 cm³/mol. The molecular formula is C16H25N3O. The lowest BCUT2D eigenvalue weighted by molar-refractivity contribution is -0.117. The summed E-state index contributed by atoms with van der Waals surface area (Å²) in [6.45, 7) is 6.82. The molecule has 1 aliphatic heterocycles. The van der Waals surface area contributed by atoms with Gasteiger partial charge in [0, 0.05) is 30.9 Å². The van der Waals surface area contributed by atoms with Crippen LogP contribution < -0.4 is 16.0 Å². The van der Waals surface area contributed by atoms with Crippen molar-refractivity contribution in [1.82, 2.24) is 0 Å². The molecule has 0 aliphatic carbocycles. The second kappa shape index (κ2) is 6.75. The fourth-order valence-corrected chi connectivity index (χ4v) is 2.52.